The van der Waals surface area contributed by atoms with Gasteiger partial charge in [0.2, 0.25) is 0 Å². The van der Waals surface area contributed by atoms with E-state index in [9.17, 15) is 9.59 Å². The van der Waals surface area contributed by atoms with E-state index in [2.05, 4.69) is 5.10 Å². The number of carbonyl (C=O) groups excluding carboxylic acids is 2. The van der Waals surface area contributed by atoms with Crippen LogP contribution in [-0.2, 0) is 14.3 Å². The third-order valence-electron chi connectivity index (χ3n) is 4.11. The maximum atomic E-state index is 12.7. The molecule has 4 rings (SSSR count). The lowest BCUT2D eigenvalue weighted by Gasteiger charge is -2.20. The predicted molar refractivity (Wildman–Crippen MR) is 108 cm³/mol. The van der Waals surface area contributed by atoms with Crippen LogP contribution in [0.2, 0.25) is 0 Å². The summed E-state index contributed by atoms with van der Waals surface area (Å²) in [5, 5.41) is 9.92. The molecular weight excluding hydrogens is 396 g/mol. The minimum absolute atomic E-state index is 0.179. The molecule has 8 heteroatoms. The molecule has 6 nitrogen and oxygen atoms in total. The van der Waals surface area contributed by atoms with Crippen LogP contribution in [0.25, 0.3) is 6.08 Å². The van der Waals surface area contributed by atoms with E-state index in [1.165, 1.54) is 23.4 Å². The average Bonchev–Trinajstić information content (AvgIpc) is 3.50. The van der Waals surface area contributed by atoms with Gasteiger partial charge in [0.15, 0.2) is 6.61 Å². The summed E-state index contributed by atoms with van der Waals surface area (Å²) >= 11 is 3.17. The van der Waals surface area contributed by atoms with Gasteiger partial charge in [-0.1, -0.05) is 12.1 Å². The maximum absolute atomic E-state index is 12.7. The highest BCUT2D eigenvalue weighted by molar-refractivity contribution is 7.12. The fourth-order valence-electron chi connectivity index (χ4n) is 2.82. The van der Waals surface area contributed by atoms with Gasteiger partial charge in [0.05, 0.1) is 22.9 Å². The second-order valence-corrected chi connectivity index (χ2v) is 7.88. The smallest absolute Gasteiger partial charge is 0.331 e. The van der Waals surface area contributed by atoms with E-state index in [-0.39, 0.29) is 18.6 Å². The molecule has 0 aromatic carbocycles. The molecule has 1 aliphatic heterocycles. The summed E-state index contributed by atoms with van der Waals surface area (Å²) in [6, 6.07) is 11.1. The second-order valence-electron chi connectivity index (χ2n) is 5.95. The Bertz CT molecular complexity index is 989. The van der Waals surface area contributed by atoms with E-state index in [4.69, 9.17) is 9.15 Å². The Kier molecular flexibility index (Phi) is 5.50. The first-order valence-electron chi connectivity index (χ1n) is 8.56. The molecule has 28 heavy (non-hydrogen) atoms. The zero-order chi connectivity index (χ0) is 19.3. The number of thiophene rings is 2. The van der Waals surface area contributed by atoms with E-state index >= 15 is 0 Å². The van der Waals surface area contributed by atoms with Gasteiger partial charge in [0.1, 0.15) is 5.76 Å². The van der Waals surface area contributed by atoms with Crippen molar-refractivity contribution in [3.05, 3.63) is 75.0 Å². The zero-order valence-electron chi connectivity index (χ0n) is 14.7. The van der Waals surface area contributed by atoms with Crippen LogP contribution in [0.4, 0.5) is 0 Å². The van der Waals surface area contributed by atoms with Gasteiger partial charge in [-0.05, 0) is 41.1 Å². The molecule has 0 saturated heterocycles. The number of amides is 1. The fourth-order valence-corrected chi connectivity index (χ4v) is 4.35. The first kappa shape index (κ1) is 18.4. The summed E-state index contributed by atoms with van der Waals surface area (Å²) < 4.78 is 10.2. The van der Waals surface area contributed by atoms with E-state index in [0.29, 0.717) is 12.2 Å². The van der Waals surface area contributed by atoms with Crippen LogP contribution in [0.1, 0.15) is 28.0 Å². The van der Waals surface area contributed by atoms with Gasteiger partial charge in [0, 0.05) is 17.4 Å². The molecule has 142 valence electrons. The quantitative estimate of drug-likeness (QED) is 0.446. The van der Waals surface area contributed by atoms with Gasteiger partial charge >= 0.3 is 5.97 Å². The molecule has 1 atom stereocenters. The van der Waals surface area contributed by atoms with E-state index in [1.54, 1.807) is 34.8 Å². The van der Waals surface area contributed by atoms with Gasteiger partial charge in [-0.25, -0.2) is 9.80 Å². The van der Waals surface area contributed by atoms with Gasteiger partial charge in [-0.2, -0.15) is 5.10 Å². The van der Waals surface area contributed by atoms with Gasteiger partial charge in [-0.15, -0.1) is 22.7 Å². The molecule has 3 aromatic rings. The number of furan rings is 1. The fraction of sp³-hybridized carbons (Fsp3) is 0.150. The average molecular weight is 412 g/mol. The second kappa shape index (κ2) is 8.37. The largest absolute Gasteiger partial charge is 0.465 e. The van der Waals surface area contributed by atoms with Crippen LogP contribution >= 0.6 is 22.7 Å². The normalized spacial score (nSPS) is 16.5. The van der Waals surface area contributed by atoms with Crippen molar-refractivity contribution in [2.45, 2.75) is 12.5 Å². The van der Waals surface area contributed by atoms with Crippen LogP contribution in [0, 0.1) is 0 Å². The number of hydrogen-bond acceptors (Lipinski definition) is 7. The molecule has 0 spiro atoms. The molecule has 4 heterocycles. The summed E-state index contributed by atoms with van der Waals surface area (Å²) in [5.74, 6) is -0.436. The van der Waals surface area contributed by atoms with Crippen LogP contribution in [0.15, 0.2) is 69.0 Å². The number of ether oxygens (including phenoxy) is 1. The van der Waals surface area contributed by atoms with Crippen molar-refractivity contribution in [1.29, 1.82) is 0 Å². The van der Waals surface area contributed by atoms with Crippen LogP contribution in [-0.4, -0.2) is 29.2 Å². The molecule has 1 amide bonds. The molecule has 0 aliphatic carbocycles. The van der Waals surface area contributed by atoms with E-state index in [0.717, 1.165) is 15.5 Å². The highest BCUT2D eigenvalue weighted by atomic mass is 32.1. The summed E-state index contributed by atoms with van der Waals surface area (Å²) in [6.07, 6.45) is 4.87. The van der Waals surface area contributed by atoms with Crippen LogP contribution in [0.5, 0.6) is 0 Å². The molecule has 0 unspecified atom stereocenters. The first-order chi connectivity index (χ1) is 13.7. The van der Waals surface area contributed by atoms with E-state index < -0.39 is 5.97 Å². The Balaban J connectivity index is 1.43. The van der Waals surface area contributed by atoms with Crippen LogP contribution in [0.3, 0.4) is 0 Å². The number of hydrogen-bond donors (Lipinski definition) is 0. The molecule has 0 radical (unpaired) electrons. The van der Waals surface area contributed by atoms with Gasteiger partial charge in [0.25, 0.3) is 5.91 Å². The Morgan fingerprint density at radius 3 is 2.79 bits per heavy atom. The van der Waals surface area contributed by atoms with Crippen molar-refractivity contribution in [3.8, 4) is 0 Å². The number of esters is 1. The van der Waals surface area contributed by atoms with Crippen molar-refractivity contribution in [1.82, 2.24) is 5.01 Å². The molecule has 0 fully saturated rings. The summed E-state index contributed by atoms with van der Waals surface area (Å²) in [5.41, 5.74) is 0.866. The highest BCUT2D eigenvalue weighted by Gasteiger charge is 2.34. The third kappa shape index (κ3) is 4.13. The lowest BCUT2D eigenvalue weighted by molar-refractivity contribution is -0.149. The Morgan fingerprint density at radius 1 is 1.21 bits per heavy atom. The molecule has 0 saturated carbocycles. The SMILES string of the molecule is O=C(/C=C/c1ccco1)OCC(=O)N1N=C(c2cccs2)C[C@@H]1c1cccs1. The molecule has 3 aromatic heterocycles. The standard InChI is InChI=1S/C20H16N2O4S2/c23-19(13-26-20(24)8-7-14-4-1-9-25-14)22-16(18-6-3-11-28-18)12-15(21-22)17-5-2-10-27-17/h1-11,16H,12-13H2/b8-7+/t16-/m1/s1. The lowest BCUT2D eigenvalue weighted by atomic mass is 10.1. The van der Waals surface area contributed by atoms with Gasteiger partial charge < -0.3 is 9.15 Å². The summed E-state index contributed by atoms with van der Waals surface area (Å²) in [7, 11) is 0. The van der Waals surface area contributed by atoms with Crippen molar-refractivity contribution < 1.29 is 18.7 Å². The summed E-state index contributed by atoms with van der Waals surface area (Å²) in [4.78, 5) is 26.7. The van der Waals surface area contributed by atoms with Crippen molar-refractivity contribution in [3.63, 3.8) is 0 Å². The molecule has 0 bridgehead atoms. The van der Waals surface area contributed by atoms with Crippen molar-refractivity contribution in [2.75, 3.05) is 6.61 Å². The Hall–Kier alpha value is -2.97. The maximum Gasteiger partial charge on any atom is 0.331 e. The highest BCUT2D eigenvalue weighted by Crippen LogP contribution is 2.35. The third-order valence-corrected chi connectivity index (χ3v) is 6.00. The first-order valence-corrected chi connectivity index (χ1v) is 10.3. The molecular formula is C20H16N2O4S2. The van der Waals surface area contributed by atoms with Gasteiger partial charge in [-0.3, -0.25) is 4.79 Å². The van der Waals surface area contributed by atoms with Crippen molar-refractivity contribution in [2.24, 2.45) is 5.10 Å². The topological polar surface area (TPSA) is 72.1 Å². The Labute approximate surface area is 169 Å². The minimum Gasteiger partial charge on any atom is -0.465 e. The molecule has 0 N–H and O–H groups in total. The van der Waals surface area contributed by atoms with Crippen molar-refractivity contribution >= 4 is 46.3 Å². The lowest BCUT2D eigenvalue weighted by Crippen LogP contribution is -2.30. The number of rotatable bonds is 6. The van der Waals surface area contributed by atoms with E-state index in [1.807, 2.05) is 35.0 Å². The molecule has 1 aliphatic rings. The number of hydrazone groups is 1. The number of carbonyl (C=O) groups is 2. The monoisotopic (exact) mass is 412 g/mol. The van der Waals surface area contributed by atoms with Crippen LogP contribution < -0.4 is 0 Å². The Morgan fingerprint density at radius 2 is 2.07 bits per heavy atom. The minimum atomic E-state index is -0.612. The zero-order valence-corrected chi connectivity index (χ0v) is 16.3. The summed E-state index contributed by atoms with van der Waals surface area (Å²) in [6.45, 7) is -0.371. The predicted octanol–water partition coefficient (Wildman–Crippen LogP) is 4.34. The number of nitrogens with zero attached hydrogens (tertiary/aromatic N) is 2.